The van der Waals surface area contributed by atoms with Crippen molar-refractivity contribution in [1.82, 2.24) is 5.32 Å². The highest BCUT2D eigenvalue weighted by molar-refractivity contribution is 5.78. The number of amides is 1. The van der Waals surface area contributed by atoms with Crippen LogP contribution in [0.4, 0.5) is 0 Å². The Morgan fingerprint density at radius 1 is 1.03 bits per heavy atom. The van der Waals surface area contributed by atoms with Gasteiger partial charge in [-0.15, -0.1) is 0 Å². The third-order valence-corrected chi connectivity index (χ3v) is 4.19. The lowest BCUT2D eigenvalue weighted by Gasteiger charge is -2.09. The van der Waals surface area contributed by atoms with E-state index >= 15 is 0 Å². The summed E-state index contributed by atoms with van der Waals surface area (Å²) < 4.78 is 5.70. The van der Waals surface area contributed by atoms with Crippen LogP contribution in [0.25, 0.3) is 0 Å². The third-order valence-electron chi connectivity index (χ3n) is 4.19. The Labute approximate surface area is 175 Å². The normalized spacial score (nSPS) is 12.9. The Morgan fingerprint density at radius 2 is 1.76 bits per heavy atom. The number of aldehydes is 1. The molecule has 1 amide bonds. The summed E-state index contributed by atoms with van der Waals surface area (Å²) in [6, 6.07) is 7.44. The molecule has 1 rings (SSSR count). The molecule has 0 aliphatic heterocycles. The number of allylic oxidation sites excluding steroid dienone is 8. The Hall–Kier alpha value is -2.88. The van der Waals surface area contributed by atoms with Crippen LogP contribution >= 0.6 is 0 Å². The summed E-state index contributed by atoms with van der Waals surface area (Å²) in [6.07, 6.45) is 21.3. The lowest BCUT2D eigenvalue weighted by molar-refractivity contribution is -0.120. The summed E-state index contributed by atoms with van der Waals surface area (Å²) in [4.78, 5) is 22.6. The summed E-state index contributed by atoms with van der Waals surface area (Å²) in [7, 11) is 1.62. The van der Waals surface area contributed by atoms with Gasteiger partial charge in [-0.2, -0.15) is 0 Å². The SMILES string of the molecule is CC/C=C\CC/C=C/C=C\C=C\[C@@H](C=O)CCOc1ccc(CC(=O)NC)cc1. The molecule has 0 aliphatic rings. The Morgan fingerprint density at radius 3 is 2.45 bits per heavy atom. The number of benzene rings is 1. The fourth-order valence-electron chi connectivity index (χ4n) is 2.49. The van der Waals surface area contributed by atoms with Crippen LogP contribution in [-0.2, 0) is 16.0 Å². The maximum Gasteiger partial charge on any atom is 0.224 e. The number of nitrogens with one attached hydrogen (secondary N) is 1. The average molecular weight is 396 g/mol. The largest absolute Gasteiger partial charge is 0.494 e. The molecule has 0 spiro atoms. The molecule has 1 aromatic rings. The highest BCUT2D eigenvalue weighted by Gasteiger charge is 2.04. The highest BCUT2D eigenvalue weighted by Crippen LogP contribution is 2.14. The molecule has 1 aromatic carbocycles. The zero-order valence-corrected chi connectivity index (χ0v) is 17.6. The fraction of sp³-hybridized carbons (Fsp3) is 0.360. The third kappa shape index (κ3) is 12.2. The van der Waals surface area contributed by atoms with Crippen LogP contribution in [0, 0.1) is 5.92 Å². The Bertz CT molecular complexity index is 699. The number of hydrogen-bond acceptors (Lipinski definition) is 3. The van der Waals surface area contributed by atoms with Crippen LogP contribution in [0.15, 0.2) is 72.9 Å². The van der Waals surface area contributed by atoms with Gasteiger partial charge in [-0.05, 0) is 43.4 Å². The number of carbonyl (C=O) groups is 2. The summed E-state index contributed by atoms with van der Waals surface area (Å²) in [5.74, 6) is 0.543. The number of unbranched alkanes of at least 4 members (excludes halogenated alkanes) is 1. The van der Waals surface area contributed by atoms with Gasteiger partial charge in [-0.3, -0.25) is 4.79 Å². The van der Waals surface area contributed by atoms with Crippen molar-refractivity contribution in [3.05, 3.63) is 78.4 Å². The van der Waals surface area contributed by atoms with E-state index < -0.39 is 0 Å². The lowest BCUT2D eigenvalue weighted by Crippen LogP contribution is -2.19. The van der Waals surface area contributed by atoms with Gasteiger partial charge in [0.15, 0.2) is 0 Å². The van der Waals surface area contributed by atoms with E-state index in [4.69, 9.17) is 4.74 Å². The Kier molecular flexibility index (Phi) is 13.4. The number of rotatable bonds is 14. The molecule has 0 unspecified atom stereocenters. The van der Waals surface area contributed by atoms with E-state index in [-0.39, 0.29) is 11.8 Å². The van der Waals surface area contributed by atoms with Crippen LogP contribution < -0.4 is 10.1 Å². The maximum absolute atomic E-state index is 11.4. The molecule has 1 atom stereocenters. The van der Waals surface area contributed by atoms with Crippen molar-refractivity contribution in [1.29, 1.82) is 0 Å². The number of likely N-dealkylation sites (N-methyl/N-ethyl adjacent to an activating group) is 1. The van der Waals surface area contributed by atoms with Crippen molar-refractivity contribution in [3.63, 3.8) is 0 Å². The second kappa shape index (κ2) is 16.1. The molecule has 0 radical (unpaired) electrons. The minimum Gasteiger partial charge on any atom is -0.494 e. The van der Waals surface area contributed by atoms with Gasteiger partial charge in [0.05, 0.1) is 13.0 Å². The number of carbonyl (C=O) groups excluding carboxylic acids is 2. The zero-order chi connectivity index (χ0) is 21.2. The lowest BCUT2D eigenvalue weighted by atomic mass is 10.1. The van der Waals surface area contributed by atoms with E-state index in [9.17, 15) is 9.59 Å². The second-order valence-corrected chi connectivity index (χ2v) is 6.59. The van der Waals surface area contributed by atoms with E-state index in [0.29, 0.717) is 19.4 Å². The molecule has 29 heavy (non-hydrogen) atoms. The van der Waals surface area contributed by atoms with E-state index in [1.807, 2.05) is 54.6 Å². The average Bonchev–Trinajstić information content (AvgIpc) is 2.74. The minimum absolute atomic E-state index is 0.0204. The summed E-state index contributed by atoms with van der Waals surface area (Å²) in [5.41, 5.74) is 0.934. The van der Waals surface area contributed by atoms with Crippen molar-refractivity contribution in [2.75, 3.05) is 13.7 Å². The molecule has 0 bridgehead atoms. The van der Waals surface area contributed by atoms with Gasteiger partial charge in [0.25, 0.3) is 0 Å². The molecule has 0 heterocycles. The van der Waals surface area contributed by atoms with Gasteiger partial charge in [-0.25, -0.2) is 0 Å². The number of ether oxygens (including phenoxy) is 1. The summed E-state index contributed by atoms with van der Waals surface area (Å²) in [5, 5.41) is 2.60. The van der Waals surface area contributed by atoms with Gasteiger partial charge < -0.3 is 14.8 Å². The van der Waals surface area contributed by atoms with E-state index in [2.05, 4.69) is 30.5 Å². The van der Waals surface area contributed by atoms with Crippen molar-refractivity contribution in [2.24, 2.45) is 5.92 Å². The standard InChI is InChI=1S/C25H33NO3/c1-3-4-5-6-7-8-9-10-11-12-13-23(21-27)18-19-29-24-16-14-22(15-17-24)20-25(28)26-2/h4-5,8-17,21,23H,3,6-7,18-20H2,1-2H3,(H,26,28)/b5-4-,9-8+,11-10-,13-12+/t23-/m1/s1. The molecule has 0 fully saturated rings. The first-order valence-electron chi connectivity index (χ1n) is 10.2. The molecule has 0 saturated carbocycles. The predicted octanol–water partition coefficient (Wildman–Crippen LogP) is 4.97. The predicted molar refractivity (Wildman–Crippen MR) is 120 cm³/mol. The summed E-state index contributed by atoms with van der Waals surface area (Å²) >= 11 is 0. The van der Waals surface area contributed by atoms with Crippen LogP contribution in [-0.4, -0.2) is 25.8 Å². The molecule has 1 N–H and O–H groups in total. The minimum atomic E-state index is -0.171. The van der Waals surface area contributed by atoms with Crippen LogP contribution in [0.3, 0.4) is 0 Å². The first-order chi connectivity index (χ1) is 14.2. The van der Waals surface area contributed by atoms with Crippen LogP contribution in [0.1, 0.15) is 38.2 Å². The van der Waals surface area contributed by atoms with Crippen LogP contribution in [0.5, 0.6) is 5.75 Å². The zero-order valence-electron chi connectivity index (χ0n) is 17.6. The molecular weight excluding hydrogens is 362 g/mol. The van der Waals surface area contributed by atoms with Gasteiger partial charge in [0.2, 0.25) is 5.91 Å². The molecule has 0 aromatic heterocycles. The fourth-order valence-corrected chi connectivity index (χ4v) is 2.49. The van der Waals surface area contributed by atoms with E-state index in [0.717, 1.165) is 36.9 Å². The van der Waals surface area contributed by atoms with E-state index in [1.165, 1.54) is 0 Å². The van der Waals surface area contributed by atoms with Gasteiger partial charge in [0, 0.05) is 13.0 Å². The van der Waals surface area contributed by atoms with Crippen molar-refractivity contribution < 1.29 is 14.3 Å². The molecular formula is C25H33NO3. The molecule has 156 valence electrons. The molecule has 4 heteroatoms. The maximum atomic E-state index is 11.4. The second-order valence-electron chi connectivity index (χ2n) is 6.59. The first kappa shape index (κ1) is 24.2. The van der Waals surface area contributed by atoms with Crippen molar-refractivity contribution in [2.45, 2.75) is 39.0 Å². The monoisotopic (exact) mass is 395 g/mol. The molecule has 4 nitrogen and oxygen atoms in total. The highest BCUT2D eigenvalue weighted by atomic mass is 16.5. The quantitative estimate of drug-likeness (QED) is 0.209. The van der Waals surface area contributed by atoms with Gasteiger partial charge in [0.1, 0.15) is 12.0 Å². The van der Waals surface area contributed by atoms with Gasteiger partial charge in [-0.1, -0.05) is 67.7 Å². The Balaban J connectivity index is 2.29. The van der Waals surface area contributed by atoms with Gasteiger partial charge >= 0.3 is 0 Å². The topological polar surface area (TPSA) is 55.4 Å². The first-order valence-corrected chi connectivity index (χ1v) is 10.2. The summed E-state index contributed by atoms with van der Waals surface area (Å²) in [6.45, 7) is 2.59. The smallest absolute Gasteiger partial charge is 0.224 e. The number of hydrogen-bond donors (Lipinski definition) is 1. The van der Waals surface area contributed by atoms with Crippen LogP contribution in [0.2, 0.25) is 0 Å². The van der Waals surface area contributed by atoms with Crippen molar-refractivity contribution >= 4 is 12.2 Å². The molecule has 0 aliphatic carbocycles. The molecule has 0 saturated heterocycles. The van der Waals surface area contributed by atoms with E-state index in [1.54, 1.807) is 7.05 Å². The van der Waals surface area contributed by atoms with Crippen molar-refractivity contribution in [3.8, 4) is 5.75 Å².